The largest absolute Gasteiger partial charge is 0.271 e. The maximum atomic E-state index is 13.5. The predicted molar refractivity (Wildman–Crippen MR) is 72.4 cm³/mol. The fraction of sp³-hybridized carbons (Fsp3) is 0.600. The second-order valence-electron chi connectivity index (χ2n) is 5.52. The molecule has 0 amide bonds. The van der Waals surface area contributed by atoms with Gasteiger partial charge in [0.25, 0.3) is 0 Å². The molecule has 0 spiro atoms. The maximum absolute atomic E-state index is 13.5. The Morgan fingerprint density at radius 1 is 1.39 bits per heavy atom. The molecule has 0 bridgehead atoms. The van der Waals surface area contributed by atoms with Gasteiger partial charge in [0.2, 0.25) is 0 Å². The third-order valence-corrected chi connectivity index (χ3v) is 4.63. The molecular formula is C15H23FN2. The molecule has 1 unspecified atom stereocenters. The average Bonchev–Trinajstić information content (AvgIpc) is 2.84. The Balaban J connectivity index is 2.40. The Hall–Kier alpha value is -0.930. The van der Waals surface area contributed by atoms with Crippen LogP contribution in [0.3, 0.4) is 0 Å². The summed E-state index contributed by atoms with van der Waals surface area (Å²) in [5.74, 6) is 5.61. The molecule has 0 aliphatic heterocycles. The molecular weight excluding hydrogens is 227 g/mol. The highest BCUT2D eigenvalue weighted by molar-refractivity contribution is 5.31. The monoisotopic (exact) mass is 250 g/mol. The van der Waals surface area contributed by atoms with Crippen molar-refractivity contribution < 1.29 is 4.39 Å². The molecule has 1 aliphatic rings. The van der Waals surface area contributed by atoms with Crippen molar-refractivity contribution in [3.05, 3.63) is 35.1 Å². The molecule has 2 nitrogen and oxygen atoms in total. The quantitative estimate of drug-likeness (QED) is 0.633. The highest BCUT2D eigenvalue weighted by Crippen LogP contribution is 2.50. The van der Waals surface area contributed by atoms with Crippen LogP contribution in [0.25, 0.3) is 0 Å². The molecule has 3 N–H and O–H groups in total. The van der Waals surface area contributed by atoms with Crippen molar-refractivity contribution in [2.24, 2.45) is 11.3 Å². The number of aryl methyl sites for hydroxylation is 1. The summed E-state index contributed by atoms with van der Waals surface area (Å²) in [5.41, 5.74) is 5.27. The molecule has 1 aromatic carbocycles. The van der Waals surface area contributed by atoms with Gasteiger partial charge in [-0.1, -0.05) is 25.8 Å². The van der Waals surface area contributed by atoms with Gasteiger partial charge in [-0.2, -0.15) is 0 Å². The number of hydrazine groups is 1. The molecule has 0 radical (unpaired) electrons. The van der Waals surface area contributed by atoms with Crippen molar-refractivity contribution in [3.8, 4) is 0 Å². The van der Waals surface area contributed by atoms with Crippen molar-refractivity contribution in [1.82, 2.24) is 5.43 Å². The Morgan fingerprint density at radius 3 is 2.61 bits per heavy atom. The topological polar surface area (TPSA) is 38.0 Å². The van der Waals surface area contributed by atoms with E-state index in [2.05, 4.69) is 12.3 Å². The fourth-order valence-corrected chi connectivity index (χ4v) is 3.44. The van der Waals surface area contributed by atoms with E-state index in [1.807, 2.05) is 13.0 Å². The fourth-order valence-electron chi connectivity index (χ4n) is 3.44. The first-order valence-corrected chi connectivity index (χ1v) is 6.85. The molecule has 18 heavy (non-hydrogen) atoms. The highest BCUT2D eigenvalue weighted by atomic mass is 19.1. The van der Waals surface area contributed by atoms with Gasteiger partial charge in [0, 0.05) is 0 Å². The van der Waals surface area contributed by atoms with Crippen LogP contribution in [0.5, 0.6) is 0 Å². The summed E-state index contributed by atoms with van der Waals surface area (Å²) in [6, 6.07) is 5.04. The number of hydrogen-bond acceptors (Lipinski definition) is 2. The minimum absolute atomic E-state index is 0.0562. The first-order chi connectivity index (χ1) is 8.63. The van der Waals surface area contributed by atoms with Gasteiger partial charge in [0.05, 0.1) is 6.04 Å². The van der Waals surface area contributed by atoms with Gasteiger partial charge >= 0.3 is 0 Å². The van der Waals surface area contributed by atoms with Gasteiger partial charge in [0.15, 0.2) is 0 Å². The van der Waals surface area contributed by atoms with Crippen molar-refractivity contribution in [1.29, 1.82) is 0 Å². The highest BCUT2D eigenvalue weighted by Gasteiger charge is 2.40. The molecule has 1 aliphatic carbocycles. The molecule has 0 saturated heterocycles. The molecule has 1 aromatic rings. The van der Waals surface area contributed by atoms with E-state index < -0.39 is 0 Å². The average molecular weight is 250 g/mol. The summed E-state index contributed by atoms with van der Waals surface area (Å²) in [6.07, 6.45) is 5.93. The van der Waals surface area contributed by atoms with Crippen molar-refractivity contribution in [2.75, 3.05) is 0 Å². The van der Waals surface area contributed by atoms with E-state index in [1.165, 1.54) is 31.7 Å². The Labute approximate surface area is 109 Å². The summed E-state index contributed by atoms with van der Waals surface area (Å²) >= 11 is 0. The first-order valence-electron chi connectivity index (χ1n) is 6.85. The number of nitrogens with one attached hydrogen (secondary N) is 1. The summed E-state index contributed by atoms with van der Waals surface area (Å²) in [5, 5.41) is 0. The number of rotatable bonds is 4. The van der Waals surface area contributed by atoms with Gasteiger partial charge in [-0.3, -0.25) is 11.3 Å². The maximum Gasteiger partial charge on any atom is 0.123 e. The van der Waals surface area contributed by atoms with Crippen LogP contribution < -0.4 is 11.3 Å². The van der Waals surface area contributed by atoms with E-state index in [0.29, 0.717) is 0 Å². The summed E-state index contributed by atoms with van der Waals surface area (Å²) in [7, 11) is 0. The lowest BCUT2D eigenvalue weighted by Crippen LogP contribution is -2.40. The summed E-state index contributed by atoms with van der Waals surface area (Å²) < 4.78 is 13.5. The minimum Gasteiger partial charge on any atom is -0.271 e. The zero-order valence-electron chi connectivity index (χ0n) is 11.3. The lowest BCUT2D eigenvalue weighted by molar-refractivity contribution is 0.187. The normalized spacial score (nSPS) is 20.0. The van der Waals surface area contributed by atoms with Crippen molar-refractivity contribution in [3.63, 3.8) is 0 Å². The van der Waals surface area contributed by atoms with E-state index in [-0.39, 0.29) is 17.3 Å². The van der Waals surface area contributed by atoms with Crippen molar-refractivity contribution in [2.45, 2.75) is 52.0 Å². The summed E-state index contributed by atoms with van der Waals surface area (Å²) in [4.78, 5) is 0. The zero-order valence-corrected chi connectivity index (χ0v) is 11.3. The van der Waals surface area contributed by atoms with E-state index in [1.54, 1.807) is 6.07 Å². The molecule has 100 valence electrons. The van der Waals surface area contributed by atoms with Crippen LogP contribution in [0.1, 0.15) is 56.2 Å². The lowest BCUT2D eigenvalue weighted by atomic mass is 9.73. The van der Waals surface area contributed by atoms with Crippen LogP contribution in [-0.4, -0.2) is 0 Å². The Morgan fingerprint density at radius 2 is 2.06 bits per heavy atom. The predicted octanol–water partition coefficient (Wildman–Crippen LogP) is 3.61. The van der Waals surface area contributed by atoms with Gasteiger partial charge in [-0.05, 0) is 54.9 Å². The molecule has 1 fully saturated rings. The Bertz CT molecular complexity index is 411. The Kier molecular flexibility index (Phi) is 4.03. The second kappa shape index (κ2) is 5.37. The van der Waals surface area contributed by atoms with Crippen LogP contribution in [0.4, 0.5) is 4.39 Å². The molecule has 2 rings (SSSR count). The third kappa shape index (κ3) is 2.29. The van der Waals surface area contributed by atoms with Crippen LogP contribution in [0.15, 0.2) is 18.2 Å². The minimum atomic E-state index is -0.180. The van der Waals surface area contributed by atoms with E-state index in [9.17, 15) is 4.39 Å². The lowest BCUT2D eigenvalue weighted by Gasteiger charge is -2.37. The van der Waals surface area contributed by atoms with E-state index in [4.69, 9.17) is 5.84 Å². The first kappa shape index (κ1) is 13.5. The van der Waals surface area contributed by atoms with Crippen LogP contribution in [-0.2, 0) is 0 Å². The number of nitrogens with two attached hydrogens (primary N) is 1. The molecule has 1 atom stereocenters. The SMILES string of the molecule is CCC1(C(NN)c2cc(F)ccc2C)CCCC1. The van der Waals surface area contributed by atoms with Gasteiger partial charge < -0.3 is 0 Å². The second-order valence-corrected chi connectivity index (χ2v) is 5.52. The number of benzene rings is 1. The zero-order chi connectivity index (χ0) is 13.2. The van der Waals surface area contributed by atoms with Crippen molar-refractivity contribution >= 4 is 0 Å². The standard InChI is InChI=1S/C15H23FN2/c1-3-15(8-4-5-9-15)14(18-17)13-10-12(16)7-6-11(13)2/h6-7,10,14,18H,3-5,8-9,17H2,1-2H3. The van der Waals surface area contributed by atoms with Gasteiger partial charge in [-0.25, -0.2) is 4.39 Å². The van der Waals surface area contributed by atoms with E-state index in [0.717, 1.165) is 17.5 Å². The van der Waals surface area contributed by atoms with Gasteiger partial charge in [0.1, 0.15) is 5.82 Å². The number of hydrogen-bond donors (Lipinski definition) is 2. The molecule has 0 aromatic heterocycles. The van der Waals surface area contributed by atoms with Crippen LogP contribution in [0, 0.1) is 18.2 Å². The van der Waals surface area contributed by atoms with Crippen LogP contribution in [0.2, 0.25) is 0 Å². The third-order valence-electron chi connectivity index (χ3n) is 4.63. The smallest absolute Gasteiger partial charge is 0.123 e. The molecule has 1 saturated carbocycles. The number of halogens is 1. The molecule has 3 heteroatoms. The summed E-state index contributed by atoms with van der Waals surface area (Å²) in [6.45, 7) is 4.24. The van der Waals surface area contributed by atoms with Gasteiger partial charge in [-0.15, -0.1) is 0 Å². The van der Waals surface area contributed by atoms with Crippen LogP contribution >= 0.6 is 0 Å². The molecule has 0 heterocycles. The van der Waals surface area contributed by atoms with E-state index >= 15 is 0 Å².